The maximum atomic E-state index is 14.4. The van der Waals surface area contributed by atoms with Crippen LogP contribution in [0.4, 0.5) is 4.39 Å². The lowest BCUT2D eigenvalue weighted by atomic mass is 10.0. The van der Waals surface area contributed by atoms with Crippen LogP contribution >= 0.6 is 0 Å². The summed E-state index contributed by atoms with van der Waals surface area (Å²) < 4.78 is 16.1. The Balaban J connectivity index is 2.15. The summed E-state index contributed by atoms with van der Waals surface area (Å²) in [6.07, 6.45) is 4.78. The molecule has 5 nitrogen and oxygen atoms in total. The van der Waals surface area contributed by atoms with Crippen molar-refractivity contribution in [3.8, 4) is 11.1 Å². The Morgan fingerprint density at radius 1 is 1.33 bits per heavy atom. The van der Waals surface area contributed by atoms with Crippen LogP contribution < -0.4 is 0 Å². The number of benzene rings is 1. The SMILES string of the molecule is Cn1cc(-c2cnc3ccc(CC(=O)O)c(F)c3c2)cn1. The molecule has 3 aromatic rings. The molecule has 0 amide bonds. The predicted molar refractivity (Wildman–Crippen MR) is 75.2 cm³/mol. The summed E-state index contributed by atoms with van der Waals surface area (Å²) in [4.78, 5) is 15.0. The lowest BCUT2D eigenvalue weighted by Gasteiger charge is -2.06. The van der Waals surface area contributed by atoms with Crippen LogP contribution in [-0.2, 0) is 18.3 Å². The minimum Gasteiger partial charge on any atom is -0.481 e. The number of nitrogens with zero attached hydrogens (tertiary/aromatic N) is 3. The molecule has 0 aliphatic carbocycles. The number of aromatic nitrogens is 3. The van der Waals surface area contributed by atoms with Gasteiger partial charge in [-0.3, -0.25) is 14.5 Å². The third-order valence-corrected chi connectivity index (χ3v) is 3.26. The van der Waals surface area contributed by atoms with Gasteiger partial charge in [0.1, 0.15) is 5.82 Å². The van der Waals surface area contributed by atoms with E-state index in [0.717, 1.165) is 11.1 Å². The van der Waals surface area contributed by atoms with E-state index in [1.807, 2.05) is 6.20 Å². The van der Waals surface area contributed by atoms with Crippen LogP contribution in [0.2, 0.25) is 0 Å². The fourth-order valence-electron chi connectivity index (χ4n) is 2.24. The van der Waals surface area contributed by atoms with Gasteiger partial charge in [-0.15, -0.1) is 0 Å². The highest BCUT2D eigenvalue weighted by molar-refractivity contribution is 5.85. The average molecular weight is 285 g/mol. The number of hydrogen-bond acceptors (Lipinski definition) is 3. The molecule has 2 aromatic heterocycles. The van der Waals surface area contributed by atoms with E-state index in [1.165, 1.54) is 6.07 Å². The van der Waals surface area contributed by atoms with Crippen molar-refractivity contribution in [2.45, 2.75) is 6.42 Å². The molecule has 0 atom stereocenters. The van der Waals surface area contributed by atoms with Crippen molar-refractivity contribution in [1.82, 2.24) is 14.8 Å². The number of carboxylic acids is 1. The molecule has 0 radical (unpaired) electrons. The Morgan fingerprint density at radius 3 is 2.81 bits per heavy atom. The number of pyridine rings is 1. The topological polar surface area (TPSA) is 68.0 Å². The van der Waals surface area contributed by atoms with Gasteiger partial charge in [0.05, 0.1) is 18.1 Å². The second-order valence-electron chi connectivity index (χ2n) is 4.80. The summed E-state index contributed by atoms with van der Waals surface area (Å²) in [6, 6.07) is 4.76. The molecule has 21 heavy (non-hydrogen) atoms. The summed E-state index contributed by atoms with van der Waals surface area (Å²) in [7, 11) is 1.80. The molecule has 2 heterocycles. The maximum absolute atomic E-state index is 14.4. The molecule has 0 aliphatic rings. The second kappa shape index (κ2) is 4.97. The van der Waals surface area contributed by atoms with Gasteiger partial charge >= 0.3 is 5.97 Å². The second-order valence-corrected chi connectivity index (χ2v) is 4.80. The number of carbonyl (C=O) groups is 1. The first-order valence-electron chi connectivity index (χ1n) is 6.32. The van der Waals surface area contributed by atoms with E-state index in [9.17, 15) is 9.18 Å². The van der Waals surface area contributed by atoms with Crippen molar-refractivity contribution >= 4 is 16.9 Å². The number of aliphatic carboxylic acids is 1. The number of hydrogen-bond donors (Lipinski definition) is 1. The van der Waals surface area contributed by atoms with Gasteiger partial charge in [-0.25, -0.2) is 4.39 Å². The lowest BCUT2D eigenvalue weighted by molar-refractivity contribution is -0.136. The minimum absolute atomic E-state index is 0.153. The van der Waals surface area contributed by atoms with Gasteiger partial charge in [-0.05, 0) is 17.7 Å². The monoisotopic (exact) mass is 285 g/mol. The van der Waals surface area contributed by atoms with Crippen molar-refractivity contribution in [1.29, 1.82) is 0 Å². The molecule has 0 saturated heterocycles. The largest absolute Gasteiger partial charge is 0.481 e. The van der Waals surface area contributed by atoms with Gasteiger partial charge in [0.15, 0.2) is 0 Å². The third kappa shape index (κ3) is 2.47. The molecule has 0 saturated carbocycles. The molecule has 0 fully saturated rings. The van der Waals surface area contributed by atoms with E-state index in [2.05, 4.69) is 10.1 Å². The zero-order chi connectivity index (χ0) is 15.0. The molecule has 0 unspecified atom stereocenters. The Labute approximate surface area is 119 Å². The number of halogens is 1. The zero-order valence-electron chi connectivity index (χ0n) is 11.2. The summed E-state index contributed by atoms with van der Waals surface area (Å²) in [5.41, 5.74) is 2.21. The van der Waals surface area contributed by atoms with Crippen LogP contribution in [0.15, 0.2) is 36.8 Å². The molecule has 3 rings (SSSR count). The number of fused-ring (bicyclic) bond motifs is 1. The van der Waals surface area contributed by atoms with Crippen molar-refractivity contribution in [3.63, 3.8) is 0 Å². The Hall–Kier alpha value is -2.76. The predicted octanol–water partition coefficient (Wildman–Crippen LogP) is 2.40. The highest BCUT2D eigenvalue weighted by atomic mass is 19.1. The van der Waals surface area contributed by atoms with Crippen LogP contribution in [-0.4, -0.2) is 25.8 Å². The summed E-state index contributed by atoms with van der Waals surface area (Å²) >= 11 is 0. The quantitative estimate of drug-likeness (QED) is 0.802. The van der Waals surface area contributed by atoms with E-state index >= 15 is 0 Å². The fraction of sp³-hybridized carbons (Fsp3) is 0.133. The lowest BCUT2D eigenvalue weighted by Crippen LogP contribution is -2.03. The standard InChI is InChI=1S/C15H12FN3O2/c1-19-8-11(7-18-19)10-4-12-13(17-6-10)3-2-9(15(12)16)5-14(20)21/h2-4,6-8H,5H2,1H3,(H,20,21). The Kier molecular flexibility index (Phi) is 3.13. The molecule has 106 valence electrons. The van der Waals surface area contributed by atoms with Crippen molar-refractivity contribution in [3.05, 3.63) is 48.2 Å². The summed E-state index contributed by atoms with van der Waals surface area (Å²) in [6.45, 7) is 0. The van der Waals surface area contributed by atoms with Gasteiger partial charge < -0.3 is 5.11 Å². The van der Waals surface area contributed by atoms with Gasteiger partial charge in [0.25, 0.3) is 0 Å². The molecule has 1 aromatic carbocycles. The smallest absolute Gasteiger partial charge is 0.307 e. The van der Waals surface area contributed by atoms with Gasteiger partial charge in [0, 0.05) is 36.0 Å². The Bertz CT molecular complexity index is 842. The molecule has 0 aliphatic heterocycles. The summed E-state index contributed by atoms with van der Waals surface area (Å²) in [5, 5.41) is 13.2. The first-order chi connectivity index (χ1) is 10.0. The minimum atomic E-state index is -1.07. The number of rotatable bonds is 3. The van der Waals surface area contributed by atoms with Crippen LogP contribution in [0.25, 0.3) is 22.0 Å². The molecule has 0 spiro atoms. The van der Waals surface area contributed by atoms with Crippen molar-refractivity contribution in [2.75, 3.05) is 0 Å². The molecule has 0 bridgehead atoms. The first-order valence-corrected chi connectivity index (χ1v) is 6.32. The normalized spacial score (nSPS) is 11.0. The van der Waals surface area contributed by atoms with E-state index in [1.54, 1.807) is 36.3 Å². The van der Waals surface area contributed by atoms with Gasteiger partial charge in [-0.2, -0.15) is 5.10 Å². The molecule has 6 heteroatoms. The van der Waals surface area contributed by atoms with E-state index in [0.29, 0.717) is 10.9 Å². The molecule has 1 N–H and O–H groups in total. The van der Waals surface area contributed by atoms with Crippen LogP contribution in [0.5, 0.6) is 0 Å². The average Bonchev–Trinajstić information content (AvgIpc) is 2.88. The summed E-state index contributed by atoms with van der Waals surface area (Å²) in [5.74, 6) is -1.60. The van der Waals surface area contributed by atoms with Crippen molar-refractivity contribution < 1.29 is 14.3 Å². The first kappa shape index (κ1) is 13.2. The highest BCUT2D eigenvalue weighted by Gasteiger charge is 2.12. The third-order valence-electron chi connectivity index (χ3n) is 3.26. The Morgan fingerprint density at radius 2 is 2.14 bits per heavy atom. The number of carboxylic acid groups (broad SMARTS) is 1. The van der Waals surface area contributed by atoms with E-state index in [-0.39, 0.29) is 12.0 Å². The van der Waals surface area contributed by atoms with Crippen LogP contribution in [0.1, 0.15) is 5.56 Å². The van der Waals surface area contributed by atoms with E-state index in [4.69, 9.17) is 5.11 Å². The van der Waals surface area contributed by atoms with Gasteiger partial charge in [-0.1, -0.05) is 6.07 Å². The van der Waals surface area contributed by atoms with E-state index < -0.39 is 11.8 Å². The van der Waals surface area contributed by atoms with Gasteiger partial charge in [0.2, 0.25) is 0 Å². The fourth-order valence-corrected chi connectivity index (χ4v) is 2.24. The van der Waals surface area contributed by atoms with Crippen LogP contribution in [0.3, 0.4) is 0 Å². The highest BCUT2D eigenvalue weighted by Crippen LogP contribution is 2.25. The number of aryl methyl sites for hydroxylation is 1. The molecular formula is C15H12FN3O2. The van der Waals surface area contributed by atoms with Crippen LogP contribution in [0, 0.1) is 5.82 Å². The van der Waals surface area contributed by atoms with Crippen molar-refractivity contribution in [2.24, 2.45) is 7.05 Å². The molecular weight excluding hydrogens is 273 g/mol. The zero-order valence-corrected chi connectivity index (χ0v) is 11.2. The maximum Gasteiger partial charge on any atom is 0.307 e.